The SMILES string of the molecule is CSc1cc(N2CCOCC2)cc(Nc2cc(NC(C)=O)ncc2-c2ccc(N3CC(C)OC(C)C3)cn2)n1. The van der Waals surface area contributed by atoms with Crippen LogP contribution in [0.4, 0.5) is 28.7 Å². The van der Waals surface area contributed by atoms with Gasteiger partial charge in [0.15, 0.2) is 0 Å². The number of carbonyl (C=O) groups excluding carboxylic acids is 1. The topological polar surface area (TPSA) is 105 Å². The van der Waals surface area contributed by atoms with Crippen molar-refractivity contribution in [3.05, 3.63) is 42.7 Å². The highest BCUT2D eigenvalue weighted by atomic mass is 32.2. The first-order chi connectivity index (χ1) is 18.9. The molecule has 2 unspecified atom stereocenters. The second-order valence-electron chi connectivity index (χ2n) is 9.84. The number of amides is 1. The first-order valence-corrected chi connectivity index (χ1v) is 14.4. The van der Waals surface area contributed by atoms with E-state index < -0.39 is 0 Å². The van der Waals surface area contributed by atoms with Gasteiger partial charge in [-0.1, -0.05) is 0 Å². The maximum absolute atomic E-state index is 11.7. The van der Waals surface area contributed by atoms with Gasteiger partial charge in [0.25, 0.3) is 0 Å². The molecule has 0 bridgehead atoms. The van der Waals surface area contributed by atoms with Gasteiger partial charge in [0.05, 0.1) is 48.7 Å². The minimum Gasteiger partial charge on any atom is -0.378 e. The third kappa shape index (κ3) is 6.78. The number of aromatic nitrogens is 3. The Morgan fingerprint density at radius 2 is 1.74 bits per heavy atom. The van der Waals surface area contributed by atoms with Crippen LogP contribution in [-0.2, 0) is 14.3 Å². The number of nitrogens with zero attached hydrogens (tertiary/aromatic N) is 5. The summed E-state index contributed by atoms with van der Waals surface area (Å²) in [6, 6.07) is 10.1. The third-order valence-corrected chi connectivity index (χ3v) is 7.28. The minimum absolute atomic E-state index is 0.168. The zero-order chi connectivity index (χ0) is 27.4. The van der Waals surface area contributed by atoms with Crippen LogP contribution in [0.25, 0.3) is 11.3 Å². The molecule has 0 aliphatic carbocycles. The Kier molecular flexibility index (Phi) is 8.49. The number of rotatable bonds is 7. The minimum atomic E-state index is -0.185. The lowest BCUT2D eigenvalue weighted by Gasteiger charge is -2.36. The van der Waals surface area contributed by atoms with Crippen molar-refractivity contribution in [3.63, 3.8) is 0 Å². The molecular weight excluding hydrogens is 514 g/mol. The van der Waals surface area contributed by atoms with E-state index in [9.17, 15) is 4.79 Å². The molecule has 11 heteroatoms. The largest absolute Gasteiger partial charge is 0.378 e. The number of morpholine rings is 2. The lowest BCUT2D eigenvalue weighted by Crippen LogP contribution is -2.45. The van der Waals surface area contributed by atoms with E-state index in [4.69, 9.17) is 19.4 Å². The van der Waals surface area contributed by atoms with Gasteiger partial charge in [-0.3, -0.25) is 9.78 Å². The van der Waals surface area contributed by atoms with E-state index >= 15 is 0 Å². The van der Waals surface area contributed by atoms with Crippen LogP contribution >= 0.6 is 11.8 Å². The number of thioether (sulfide) groups is 1. The highest BCUT2D eigenvalue weighted by molar-refractivity contribution is 7.98. The Morgan fingerprint density at radius 3 is 2.41 bits per heavy atom. The van der Waals surface area contributed by atoms with Crippen molar-refractivity contribution < 1.29 is 14.3 Å². The van der Waals surface area contributed by atoms with E-state index in [-0.39, 0.29) is 18.1 Å². The monoisotopic (exact) mass is 549 g/mol. The van der Waals surface area contributed by atoms with Crippen molar-refractivity contribution in [2.24, 2.45) is 0 Å². The number of pyridine rings is 3. The average Bonchev–Trinajstić information content (AvgIpc) is 2.93. The molecule has 1 amide bonds. The molecule has 3 aromatic rings. The molecule has 0 aromatic carbocycles. The first kappa shape index (κ1) is 27.2. The first-order valence-electron chi connectivity index (χ1n) is 13.2. The second-order valence-corrected chi connectivity index (χ2v) is 10.7. The van der Waals surface area contributed by atoms with Crippen molar-refractivity contribution in [1.29, 1.82) is 0 Å². The van der Waals surface area contributed by atoms with Crippen molar-refractivity contribution in [2.45, 2.75) is 38.0 Å². The van der Waals surface area contributed by atoms with E-state index in [0.29, 0.717) is 24.8 Å². The lowest BCUT2D eigenvalue weighted by atomic mass is 10.1. The van der Waals surface area contributed by atoms with Gasteiger partial charge >= 0.3 is 0 Å². The number of hydrogen-bond acceptors (Lipinski definition) is 10. The number of ether oxygens (including phenoxy) is 2. The Labute approximate surface area is 233 Å². The van der Waals surface area contributed by atoms with Crippen molar-refractivity contribution in [2.75, 3.05) is 66.1 Å². The molecule has 5 heterocycles. The molecule has 0 spiro atoms. The fraction of sp³-hybridized carbons (Fsp3) is 0.429. The van der Waals surface area contributed by atoms with Crippen molar-refractivity contribution in [3.8, 4) is 11.3 Å². The number of hydrogen-bond donors (Lipinski definition) is 2. The fourth-order valence-electron chi connectivity index (χ4n) is 4.93. The molecular formula is C28H35N7O3S. The quantitative estimate of drug-likeness (QED) is 0.412. The van der Waals surface area contributed by atoms with E-state index in [1.165, 1.54) is 6.92 Å². The number of nitrogens with one attached hydrogen (secondary N) is 2. The molecule has 206 valence electrons. The standard InChI is InChI=1S/C28H35N7O3S/c1-18-16-35(17-19(2)38-18)21-5-6-24(29-14-21)23-15-30-26(31-20(3)36)13-25(23)32-27-11-22(12-28(33-27)39-4)34-7-9-37-10-8-34/h5-6,11-15,18-19H,7-10,16-17H2,1-4H3,(H2,30,31,32,33,36). The molecule has 2 aliphatic rings. The fourth-order valence-corrected chi connectivity index (χ4v) is 5.36. The van der Waals surface area contributed by atoms with Crippen LogP contribution < -0.4 is 20.4 Å². The zero-order valence-corrected chi connectivity index (χ0v) is 23.6. The predicted molar refractivity (Wildman–Crippen MR) is 156 cm³/mol. The Morgan fingerprint density at radius 1 is 0.974 bits per heavy atom. The molecule has 2 N–H and O–H groups in total. The molecule has 2 atom stereocenters. The van der Waals surface area contributed by atoms with Crippen molar-refractivity contribution in [1.82, 2.24) is 15.0 Å². The molecule has 3 aromatic heterocycles. The summed E-state index contributed by atoms with van der Waals surface area (Å²) in [6.07, 6.45) is 5.98. The maximum Gasteiger partial charge on any atom is 0.222 e. The van der Waals surface area contributed by atoms with Gasteiger partial charge in [0, 0.05) is 62.7 Å². The van der Waals surface area contributed by atoms with Gasteiger partial charge in [-0.05, 0) is 38.3 Å². The molecule has 10 nitrogen and oxygen atoms in total. The summed E-state index contributed by atoms with van der Waals surface area (Å²) in [5.41, 5.74) is 4.48. The normalized spacial score (nSPS) is 19.6. The summed E-state index contributed by atoms with van der Waals surface area (Å²) < 4.78 is 11.4. The van der Waals surface area contributed by atoms with Gasteiger partial charge in [0.2, 0.25) is 5.91 Å². The molecule has 2 aliphatic heterocycles. The summed E-state index contributed by atoms with van der Waals surface area (Å²) in [5, 5.41) is 7.18. The van der Waals surface area contributed by atoms with Gasteiger partial charge in [-0.2, -0.15) is 0 Å². The summed E-state index contributed by atoms with van der Waals surface area (Å²) in [5.74, 6) is 0.975. The third-order valence-electron chi connectivity index (χ3n) is 6.65. The van der Waals surface area contributed by atoms with Crippen LogP contribution in [0.3, 0.4) is 0 Å². The maximum atomic E-state index is 11.7. The van der Waals surface area contributed by atoms with Gasteiger partial charge in [0.1, 0.15) is 16.7 Å². The van der Waals surface area contributed by atoms with Crippen LogP contribution in [-0.4, -0.2) is 78.7 Å². The van der Waals surface area contributed by atoms with E-state index in [2.05, 4.69) is 51.4 Å². The Bertz CT molecular complexity index is 1290. The molecule has 0 saturated carbocycles. The van der Waals surface area contributed by atoms with Crippen LogP contribution in [0.5, 0.6) is 0 Å². The van der Waals surface area contributed by atoms with Crippen LogP contribution in [0.1, 0.15) is 20.8 Å². The van der Waals surface area contributed by atoms with Crippen LogP contribution in [0.15, 0.2) is 47.8 Å². The summed E-state index contributed by atoms with van der Waals surface area (Å²) in [4.78, 5) is 30.4. The Hall–Kier alpha value is -3.41. The average molecular weight is 550 g/mol. The molecule has 5 rings (SSSR count). The predicted octanol–water partition coefficient (Wildman–Crippen LogP) is 4.41. The highest BCUT2D eigenvalue weighted by Crippen LogP contribution is 2.33. The van der Waals surface area contributed by atoms with Gasteiger partial charge in [-0.15, -0.1) is 11.8 Å². The second kappa shape index (κ2) is 12.2. The van der Waals surface area contributed by atoms with Crippen molar-refractivity contribution >= 4 is 46.4 Å². The van der Waals surface area contributed by atoms with E-state index in [1.807, 2.05) is 30.7 Å². The summed E-state index contributed by atoms with van der Waals surface area (Å²) in [6.45, 7) is 10.4. The molecule has 2 saturated heterocycles. The van der Waals surface area contributed by atoms with Gasteiger partial charge in [-0.25, -0.2) is 9.97 Å². The molecule has 0 radical (unpaired) electrons. The number of anilines is 5. The lowest BCUT2D eigenvalue weighted by molar-refractivity contribution is -0.114. The summed E-state index contributed by atoms with van der Waals surface area (Å²) >= 11 is 1.59. The highest BCUT2D eigenvalue weighted by Gasteiger charge is 2.23. The Balaban J connectivity index is 1.46. The van der Waals surface area contributed by atoms with Crippen LogP contribution in [0, 0.1) is 0 Å². The molecule has 39 heavy (non-hydrogen) atoms. The van der Waals surface area contributed by atoms with Crippen LogP contribution in [0.2, 0.25) is 0 Å². The van der Waals surface area contributed by atoms with Gasteiger partial charge < -0.3 is 29.9 Å². The smallest absolute Gasteiger partial charge is 0.222 e. The zero-order valence-electron chi connectivity index (χ0n) is 22.8. The van der Waals surface area contributed by atoms with E-state index in [1.54, 1.807) is 18.0 Å². The summed E-state index contributed by atoms with van der Waals surface area (Å²) in [7, 11) is 0. The number of carbonyl (C=O) groups is 1. The molecule has 2 fully saturated rings. The van der Waals surface area contributed by atoms with E-state index in [0.717, 1.165) is 59.5 Å².